The Labute approximate surface area is 118 Å². The van der Waals surface area contributed by atoms with Crippen molar-refractivity contribution < 1.29 is 22.3 Å². The second-order valence-corrected chi connectivity index (χ2v) is 4.14. The molecule has 21 heavy (non-hydrogen) atoms. The first-order chi connectivity index (χ1) is 10.1. The molecule has 2 rings (SSSR count). The van der Waals surface area contributed by atoms with Gasteiger partial charge in [0.25, 0.3) is 0 Å². The molecule has 1 aromatic heterocycles. The standard InChI is InChI=1S/C14H12F4N2O/c15-10-7-19-8-11(16)13(10)20-6-5-9-3-1-2-4-12(9)21-14(17)18/h1-4,7-8,14H,5-6H2,(H,19,20). The molecule has 0 saturated carbocycles. The average molecular weight is 300 g/mol. The third kappa shape index (κ3) is 4.08. The van der Waals surface area contributed by atoms with Crippen molar-refractivity contribution in [1.29, 1.82) is 0 Å². The highest BCUT2D eigenvalue weighted by Gasteiger charge is 2.11. The Hall–Kier alpha value is -2.31. The van der Waals surface area contributed by atoms with Crippen molar-refractivity contribution in [3.8, 4) is 5.75 Å². The molecule has 0 bridgehead atoms. The van der Waals surface area contributed by atoms with Crippen LogP contribution in [0.2, 0.25) is 0 Å². The number of anilines is 1. The van der Waals surface area contributed by atoms with Crippen LogP contribution in [0.5, 0.6) is 5.75 Å². The monoisotopic (exact) mass is 300 g/mol. The van der Waals surface area contributed by atoms with Crippen LogP contribution < -0.4 is 10.1 Å². The summed E-state index contributed by atoms with van der Waals surface area (Å²) in [6.07, 6.45) is 2.04. The van der Waals surface area contributed by atoms with E-state index in [1.54, 1.807) is 18.2 Å². The molecule has 112 valence electrons. The van der Waals surface area contributed by atoms with Gasteiger partial charge in [0, 0.05) is 6.54 Å². The Morgan fingerprint density at radius 3 is 2.43 bits per heavy atom. The Morgan fingerprint density at radius 1 is 1.10 bits per heavy atom. The largest absolute Gasteiger partial charge is 0.435 e. The molecule has 0 aliphatic heterocycles. The van der Waals surface area contributed by atoms with Crippen LogP contribution in [0.15, 0.2) is 36.7 Å². The number of para-hydroxylation sites is 1. The van der Waals surface area contributed by atoms with Gasteiger partial charge >= 0.3 is 6.61 Å². The maximum absolute atomic E-state index is 13.3. The number of benzene rings is 1. The summed E-state index contributed by atoms with van der Waals surface area (Å²) in [7, 11) is 0. The van der Waals surface area contributed by atoms with Crippen LogP contribution in [-0.4, -0.2) is 18.1 Å². The van der Waals surface area contributed by atoms with E-state index in [-0.39, 0.29) is 24.4 Å². The van der Waals surface area contributed by atoms with Crippen molar-refractivity contribution in [2.45, 2.75) is 13.0 Å². The molecule has 1 N–H and O–H groups in total. The molecule has 1 heterocycles. The number of rotatable bonds is 6. The molecule has 0 fully saturated rings. The SMILES string of the molecule is Fc1cncc(F)c1NCCc1ccccc1OC(F)F. The number of pyridine rings is 1. The maximum atomic E-state index is 13.3. The second-order valence-electron chi connectivity index (χ2n) is 4.14. The summed E-state index contributed by atoms with van der Waals surface area (Å²) in [4.78, 5) is 3.36. The summed E-state index contributed by atoms with van der Waals surface area (Å²) in [5.74, 6) is -1.58. The predicted octanol–water partition coefficient (Wildman–Crippen LogP) is 3.62. The van der Waals surface area contributed by atoms with Gasteiger partial charge in [-0.1, -0.05) is 18.2 Å². The van der Waals surface area contributed by atoms with Gasteiger partial charge in [-0.25, -0.2) is 8.78 Å². The van der Waals surface area contributed by atoms with Gasteiger partial charge < -0.3 is 10.1 Å². The lowest BCUT2D eigenvalue weighted by molar-refractivity contribution is -0.0504. The minimum absolute atomic E-state index is 0.0463. The molecular weight excluding hydrogens is 288 g/mol. The third-order valence-electron chi connectivity index (χ3n) is 2.74. The van der Waals surface area contributed by atoms with Gasteiger partial charge in [0.05, 0.1) is 12.4 Å². The quantitative estimate of drug-likeness (QED) is 0.827. The van der Waals surface area contributed by atoms with E-state index < -0.39 is 18.2 Å². The molecule has 3 nitrogen and oxygen atoms in total. The zero-order chi connectivity index (χ0) is 15.2. The van der Waals surface area contributed by atoms with Gasteiger partial charge in [0.15, 0.2) is 11.6 Å². The lowest BCUT2D eigenvalue weighted by Crippen LogP contribution is -2.10. The molecule has 0 radical (unpaired) electrons. The van der Waals surface area contributed by atoms with E-state index >= 15 is 0 Å². The summed E-state index contributed by atoms with van der Waals surface area (Å²) in [5.41, 5.74) is 0.220. The number of hydrogen-bond acceptors (Lipinski definition) is 3. The summed E-state index contributed by atoms with van der Waals surface area (Å²) < 4.78 is 55.6. The van der Waals surface area contributed by atoms with Crippen LogP contribution in [-0.2, 0) is 6.42 Å². The average Bonchev–Trinajstić information content (AvgIpc) is 2.43. The highest BCUT2D eigenvalue weighted by molar-refractivity contribution is 5.44. The zero-order valence-corrected chi connectivity index (χ0v) is 10.8. The van der Waals surface area contributed by atoms with Crippen LogP contribution in [0, 0.1) is 11.6 Å². The van der Waals surface area contributed by atoms with Crippen molar-refractivity contribution in [1.82, 2.24) is 4.98 Å². The molecule has 0 aliphatic rings. The molecule has 0 unspecified atom stereocenters. The molecule has 0 atom stereocenters. The smallest absolute Gasteiger partial charge is 0.387 e. The summed E-state index contributed by atoms with van der Waals surface area (Å²) in [6.45, 7) is -2.77. The third-order valence-corrected chi connectivity index (χ3v) is 2.74. The Kier molecular flexibility index (Phi) is 4.97. The minimum atomic E-state index is -2.92. The Morgan fingerprint density at radius 2 is 1.76 bits per heavy atom. The first-order valence-electron chi connectivity index (χ1n) is 6.13. The fourth-order valence-corrected chi connectivity index (χ4v) is 1.82. The number of aromatic nitrogens is 1. The minimum Gasteiger partial charge on any atom is -0.435 e. The van der Waals surface area contributed by atoms with Crippen molar-refractivity contribution >= 4 is 5.69 Å². The van der Waals surface area contributed by atoms with E-state index in [9.17, 15) is 17.6 Å². The second kappa shape index (κ2) is 6.92. The Balaban J connectivity index is 2.01. The highest BCUT2D eigenvalue weighted by atomic mass is 19.3. The molecule has 0 saturated heterocycles. The highest BCUT2D eigenvalue weighted by Crippen LogP contribution is 2.21. The van der Waals surface area contributed by atoms with Gasteiger partial charge in [-0.2, -0.15) is 8.78 Å². The van der Waals surface area contributed by atoms with Crippen LogP contribution in [0.25, 0.3) is 0 Å². The maximum Gasteiger partial charge on any atom is 0.387 e. The van der Waals surface area contributed by atoms with Crippen LogP contribution >= 0.6 is 0 Å². The normalized spacial score (nSPS) is 10.7. The number of nitrogens with one attached hydrogen (secondary N) is 1. The van der Waals surface area contributed by atoms with Crippen molar-refractivity contribution in [3.05, 3.63) is 53.9 Å². The molecular formula is C14H12F4N2O. The molecule has 2 aromatic rings. The molecule has 0 aliphatic carbocycles. The lowest BCUT2D eigenvalue weighted by Gasteiger charge is -2.12. The van der Waals surface area contributed by atoms with Gasteiger partial charge in [-0.3, -0.25) is 4.98 Å². The van der Waals surface area contributed by atoms with Gasteiger partial charge in [-0.15, -0.1) is 0 Å². The fraction of sp³-hybridized carbons (Fsp3) is 0.214. The number of hydrogen-bond donors (Lipinski definition) is 1. The fourth-order valence-electron chi connectivity index (χ4n) is 1.82. The van der Waals surface area contributed by atoms with Crippen molar-refractivity contribution in [2.75, 3.05) is 11.9 Å². The van der Waals surface area contributed by atoms with E-state index in [2.05, 4.69) is 15.0 Å². The van der Waals surface area contributed by atoms with E-state index in [1.807, 2.05) is 0 Å². The van der Waals surface area contributed by atoms with Crippen molar-refractivity contribution in [3.63, 3.8) is 0 Å². The number of ether oxygens (including phenoxy) is 1. The number of nitrogens with zero attached hydrogens (tertiary/aromatic N) is 1. The first-order valence-corrected chi connectivity index (χ1v) is 6.13. The molecule has 0 spiro atoms. The predicted molar refractivity (Wildman–Crippen MR) is 69.4 cm³/mol. The zero-order valence-electron chi connectivity index (χ0n) is 10.8. The topological polar surface area (TPSA) is 34.2 Å². The van der Waals surface area contributed by atoms with E-state index in [0.29, 0.717) is 5.56 Å². The van der Waals surface area contributed by atoms with Crippen LogP contribution in [0.4, 0.5) is 23.2 Å². The number of halogens is 4. The summed E-state index contributed by atoms with van der Waals surface area (Å²) in [5, 5.41) is 2.58. The lowest BCUT2D eigenvalue weighted by atomic mass is 10.1. The molecule has 0 amide bonds. The van der Waals surface area contributed by atoms with Crippen molar-refractivity contribution in [2.24, 2.45) is 0 Å². The summed E-state index contributed by atoms with van der Waals surface area (Å²) >= 11 is 0. The van der Waals surface area contributed by atoms with E-state index in [0.717, 1.165) is 12.4 Å². The van der Waals surface area contributed by atoms with Gasteiger partial charge in [-0.05, 0) is 18.1 Å². The Bertz CT molecular complexity index is 587. The number of alkyl halides is 2. The summed E-state index contributed by atoms with van der Waals surface area (Å²) in [6, 6.07) is 6.26. The van der Waals surface area contributed by atoms with E-state index in [1.165, 1.54) is 6.07 Å². The van der Waals surface area contributed by atoms with Gasteiger partial charge in [0.1, 0.15) is 11.4 Å². The first kappa shape index (κ1) is 15.1. The van der Waals surface area contributed by atoms with Crippen LogP contribution in [0.1, 0.15) is 5.56 Å². The van der Waals surface area contributed by atoms with E-state index in [4.69, 9.17) is 0 Å². The molecule has 1 aromatic carbocycles. The molecule has 7 heteroatoms. The van der Waals surface area contributed by atoms with Gasteiger partial charge in [0.2, 0.25) is 0 Å². The van der Waals surface area contributed by atoms with Crippen LogP contribution in [0.3, 0.4) is 0 Å².